The molecule has 2 amide bonds. The fourth-order valence-corrected chi connectivity index (χ4v) is 3.27. The molecule has 0 aromatic heterocycles. The molecular formula is C22H23FN2O4. The van der Waals surface area contributed by atoms with Crippen LogP contribution in [-0.4, -0.2) is 29.4 Å². The molecule has 152 valence electrons. The zero-order valence-corrected chi connectivity index (χ0v) is 16.6. The number of nitrogens with zero attached hydrogens (tertiary/aromatic N) is 1. The molecule has 0 saturated heterocycles. The average molecular weight is 398 g/mol. The normalized spacial score (nSPS) is 15.9. The second-order valence-corrected chi connectivity index (χ2v) is 7.43. The number of rotatable bonds is 5. The Balaban J connectivity index is 1.71. The fourth-order valence-electron chi connectivity index (χ4n) is 3.27. The molecule has 6 nitrogen and oxygen atoms in total. The summed E-state index contributed by atoms with van der Waals surface area (Å²) in [6.45, 7) is 4.72. The summed E-state index contributed by atoms with van der Waals surface area (Å²) in [4.78, 5) is 39.1. The van der Waals surface area contributed by atoms with E-state index < -0.39 is 23.5 Å². The minimum atomic E-state index is -1.15. The van der Waals surface area contributed by atoms with Crippen LogP contribution >= 0.6 is 0 Å². The predicted molar refractivity (Wildman–Crippen MR) is 107 cm³/mol. The number of fused-ring (bicyclic) bond motifs is 1. The van der Waals surface area contributed by atoms with Crippen molar-refractivity contribution in [3.05, 3.63) is 59.9 Å². The number of anilines is 2. The van der Waals surface area contributed by atoms with Gasteiger partial charge in [-0.15, -0.1) is 0 Å². The molecule has 29 heavy (non-hydrogen) atoms. The molecule has 7 heteroatoms. The summed E-state index contributed by atoms with van der Waals surface area (Å²) in [6, 6.07) is 13.1. The van der Waals surface area contributed by atoms with Crippen molar-refractivity contribution in [1.82, 2.24) is 0 Å². The van der Waals surface area contributed by atoms with E-state index in [1.54, 1.807) is 56.3 Å². The van der Waals surface area contributed by atoms with Crippen LogP contribution < -0.4 is 10.2 Å². The van der Waals surface area contributed by atoms with Crippen molar-refractivity contribution < 1.29 is 23.5 Å². The zero-order chi connectivity index (χ0) is 21.2. The third-order valence-corrected chi connectivity index (χ3v) is 4.94. The number of ether oxygens (including phenoxy) is 1. The summed E-state index contributed by atoms with van der Waals surface area (Å²) in [5.74, 6) is -1.83. The lowest BCUT2D eigenvalue weighted by atomic mass is 9.95. The predicted octanol–water partition coefficient (Wildman–Crippen LogP) is 3.45. The third-order valence-electron chi connectivity index (χ3n) is 4.94. The van der Waals surface area contributed by atoms with Gasteiger partial charge < -0.3 is 10.1 Å². The van der Waals surface area contributed by atoms with Crippen LogP contribution in [0.3, 0.4) is 0 Å². The van der Waals surface area contributed by atoms with Gasteiger partial charge in [-0.05, 0) is 51.0 Å². The van der Waals surface area contributed by atoms with E-state index >= 15 is 0 Å². The van der Waals surface area contributed by atoms with Crippen molar-refractivity contribution in [2.45, 2.75) is 45.3 Å². The number of hydrogen-bond donors (Lipinski definition) is 1. The lowest BCUT2D eigenvalue weighted by molar-refractivity contribution is -0.154. The monoisotopic (exact) mass is 398 g/mol. The van der Waals surface area contributed by atoms with Gasteiger partial charge in [0.25, 0.3) is 5.91 Å². The van der Waals surface area contributed by atoms with Gasteiger partial charge in [0.05, 0.1) is 11.4 Å². The summed E-state index contributed by atoms with van der Waals surface area (Å²) in [6.07, 6.45) is -0.979. The first kappa shape index (κ1) is 20.5. The summed E-state index contributed by atoms with van der Waals surface area (Å²) < 4.78 is 19.0. The molecule has 2 aromatic rings. The average Bonchev–Trinajstić information content (AvgIpc) is 2.67. The highest BCUT2D eigenvalue weighted by Gasteiger charge is 2.45. The van der Waals surface area contributed by atoms with E-state index in [2.05, 4.69) is 5.32 Å². The minimum absolute atomic E-state index is 0.0565. The number of nitrogens with one attached hydrogen (secondary N) is 1. The maximum absolute atomic E-state index is 13.7. The van der Waals surface area contributed by atoms with E-state index in [0.717, 1.165) is 0 Å². The van der Waals surface area contributed by atoms with E-state index in [1.807, 2.05) is 0 Å². The van der Waals surface area contributed by atoms with Gasteiger partial charge in [-0.2, -0.15) is 0 Å². The van der Waals surface area contributed by atoms with Crippen LogP contribution in [0.2, 0.25) is 0 Å². The molecule has 0 radical (unpaired) electrons. The molecule has 0 saturated carbocycles. The second kappa shape index (κ2) is 8.03. The number of carbonyl (C=O) groups excluding carboxylic acids is 3. The quantitative estimate of drug-likeness (QED) is 0.783. The molecule has 0 fully saturated rings. The maximum Gasteiger partial charge on any atom is 0.306 e. The second-order valence-electron chi connectivity index (χ2n) is 7.43. The van der Waals surface area contributed by atoms with Crippen LogP contribution in [0.5, 0.6) is 0 Å². The Morgan fingerprint density at radius 3 is 2.52 bits per heavy atom. The summed E-state index contributed by atoms with van der Waals surface area (Å²) >= 11 is 0. The highest BCUT2D eigenvalue weighted by molar-refractivity contribution is 6.15. The molecule has 1 N–H and O–H groups in total. The Labute approximate surface area is 168 Å². The van der Waals surface area contributed by atoms with Crippen LogP contribution in [0.4, 0.5) is 15.8 Å². The number of benzene rings is 2. The van der Waals surface area contributed by atoms with Gasteiger partial charge >= 0.3 is 5.97 Å². The highest BCUT2D eigenvalue weighted by atomic mass is 19.1. The molecule has 1 heterocycles. The first-order valence-corrected chi connectivity index (χ1v) is 9.39. The molecule has 0 aliphatic carbocycles. The summed E-state index contributed by atoms with van der Waals surface area (Å²) in [5, 5.41) is 2.78. The van der Waals surface area contributed by atoms with Crippen LogP contribution in [0, 0.1) is 5.82 Å². The molecule has 0 spiro atoms. The van der Waals surface area contributed by atoms with Crippen molar-refractivity contribution in [2.24, 2.45) is 0 Å². The number of amides is 2. The number of esters is 1. The molecule has 1 aliphatic heterocycles. The molecular weight excluding hydrogens is 375 g/mol. The van der Waals surface area contributed by atoms with Crippen LogP contribution in [0.25, 0.3) is 0 Å². The van der Waals surface area contributed by atoms with Crippen molar-refractivity contribution in [2.75, 3.05) is 10.2 Å². The summed E-state index contributed by atoms with van der Waals surface area (Å²) in [5.41, 5.74) is 0.310. The molecule has 1 aliphatic rings. The van der Waals surface area contributed by atoms with Gasteiger partial charge in [-0.25, -0.2) is 4.39 Å². The Morgan fingerprint density at radius 2 is 1.79 bits per heavy atom. The van der Waals surface area contributed by atoms with Crippen LogP contribution in [-0.2, 0) is 25.5 Å². The fraction of sp³-hybridized carbons (Fsp3) is 0.318. The Morgan fingerprint density at radius 1 is 1.14 bits per heavy atom. The van der Waals surface area contributed by atoms with E-state index in [1.165, 1.54) is 17.9 Å². The molecule has 0 bridgehead atoms. The number of para-hydroxylation sites is 2. The first-order chi connectivity index (χ1) is 13.7. The van der Waals surface area contributed by atoms with Crippen molar-refractivity contribution in [3.8, 4) is 0 Å². The molecule has 2 aromatic carbocycles. The van der Waals surface area contributed by atoms with E-state index in [9.17, 15) is 18.8 Å². The molecule has 0 unspecified atom stereocenters. The number of hydrogen-bond acceptors (Lipinski definition) is 4. The SMILES string of the molecule is C[C@H](OC(=O)CCc1ccccc1F)C(=O)N1c2ccccc2NC(=O)C1(C)C. The standard InChI is InChI=1S/C22H23FN2O4/c1-14(29-19(26)13-12-15-8-4-5-9-16(15)23)20(27)25-18-11-7-6-10-17(18)24-21(28)22(25,2)3/h4-11,14H,12-13H2,1-3H3,(H,24,28)/t14-/m0/s1. The zero-order valence-electron chi connectivity index (χ0n) is 16.6. The minimum Gasteiger partial charge on any atom is -0.453 e. The van der Waals surface area contributed by atoms with Crippen molar-refractivity contribution in [3.63, 3.8) is 0 Å². The van der Waals surface area contributed by atoms with Crippen LogP contribution in [0.15, 0.2) is 48.5 Å². The van der Waals surface area contributed by atoms with Gasteiger partial charge in [-0.3, -0.25) is 19.3 Å². The van der Waals surface area contributed by atoms with Gasteiger partial charge in [0.2, 0.25) is 5.91 Å². The molecule has 1 atom stereocenters. The van der Waals surface area contributed by atoms with Crippen molar-refractivity contribution in [1.29, 1.82) is 0 Å². The summed E-state index contributed by atoms with van der Waals surface area (Å²) in [7, 11) is 0. The van der Waals surface area contributed by atoms with E-state index in [-0.39, 0.29) is 24.6 Å². The Hall–Kier alpha value is -3.22. The maximum atomic E-state index is 13.7. The van der Waals surface area contributed by atoms with E-state index in [4.69, 9.17) is 4.74 Å². The van der Waals surface area contributed by atoms with E-state index in [0.29, 0.717) is 16.9 Å². The number of aryl methyl sites for hydroxylation is 1. The highest BCUT2D eigenvalue weighted by Crippen LogP contribution is 2.37. The Kier molecular flexibility index (Phi) is 5.68. The first-order valence-electron chi connectivity index (χ1n) is 9.39. The van der Waals surface area contributed by atoms with Gasteiger partial charge in [0.1, 0.15) is 11.4 Å². The third kappa shape index (κ3) is 4.13. The largest absolute Gasteiger partial charge is 0.453 e. The topological polar surface area (TPSA) is 75.7 Å². The number of carbonyl (C=O) groups is 3. The van der Waals surface area contributed by atoms with Gasteiger partial charge in [0.15, 0.2) is 6.10 Å². The van der Waals surface area contributed by atoms with Gasteiger partial charge in [0, 0.05) is 6.42 Å². The Bertz CT molecular complexity index is 957. The van der Waals surface area contributed by atoms with Crippen LogP contribution in [0.1, 0.15) is 32.8 Å². The van der Waals surface area contributed by atoms with Crippen molar-refractivity contribution >= 4 is 29.2 Å². The smallest absolute Gasteiger partial charge is 0.306 e. The lowest BCUT2D eigenvalue weighted by Gasteiger charge is -2.42. The lowest BCUT2D eigenvalue weighted by Crippen LogP contribution is -2.60. The molecule has 3 rings (SSSR count). The van der Waals surface area contributed by atoms with Gasteiger partial charge in [-0.1, -0.05) is 30.3 Å². The number of halogens is 1.